The molecular formula is C17H16F3N3O3. The third-order valence-electron chi connectivity index (χ3n) is 3.79. The average Bonchev–Trinajstić information content (AvgIpc) is 2.77. The van der Waals surface area contributed by atoms with Crippen LogP contribution < -0.4 is 15.4 Å². The van der Waals surface area contributed by atoms with Gasteiger partial charge in [0.15, 0.2) is 0 Å². The number of nitrogens with zero attached hydrogens (tertiary/aromatic N) is 1. The van der Waals surface area contributed by atoms with Crippen molar-refractivity contribution in [3.63, 3.8) is 0 Å². The van der Waals surface area contributed by atoms with Crippen LogP contribution in [-0.4, -0.2) is 29.6 Å². The second kappa shape index (κ2) is 6.71. The van der Waals surface area contributed by atoms with E-state index in [-0.39, 0.29) is 11.7 Å². The van der Waals surface area contributed by atoms with E-state index in [4.69, 9.17) is 10.00 Å². The molecule has 0 aromatic heterocycles. The molecule has 0 radical (unpaired) electrons. The third-order valence-corrected chi connectivity index (χ3v) is 3.79. The maximum absolute atomic E-state index is 13.7. The van der Waals surface area contributed by atoms with Gasteiger partial charge in [0.25, 0.3) is 11.8 Å². The Hall–Kier alpha value is -3.02. The number of carbonyl (C=O) groups excluding carboxylic acids is 2. The van der Waals surface area contributed by atoms with Gasteiger partial charge in [0.1, 0.15) is 11.7 Å². The molecule has 0 saturated carbocycles. The van der Waals surface area contributed by atoms with Gasteiger partial charge in [-0.3, -0.25) is 9.59 Å². The van der Waals surface area contributed by atoms with Gasteiger partial charge in [-0.05, 0) is 38.1 Å². The maximum atomic E-state index is 13.7. The SMILES string of the molecule is C=C1NC(=O)[C@](NC(=O)c2ccc(OC(C)C)cc2)(C(F)(F)F)[C@H]1C#N. The van der Waals surface area contributed by atoms with Crippen LogP contribution in [0.5, 0.6) is 5.75 Å². The Morgan fingerprint density at radius 1 is 1.38 bits per heavy atom. The van der Waals surface area contributed by atoms with Crippen LogP contribution >= 0.6 is 0 Å². The second-order valence-corrected chi connectivity index (χ2v) is 5.99. The molecule has 1 aromatic carbocycles. The summed E-state index contributed by atoms with van der Waals surface area (Å²) in [6.07, 6.45) is -5.32. The quantitative estimate of drug-likeness (QED) is 0.854. The molecule has 0 unspecified atom stereocenters. The Kier molecular flexibility index (Phi) is 4.98. The highest BCUT2D eigenvalue weighted by atomic mass is 19.4. The van der Waals surface area contributed by atoms with Crippen molar-refractivity contribution >= 4 is 11.8 Å². The number of hydrogen-bond acceptors (Lipinski definition) is 4. The highest BCUT2D eigenvalue weighted by Gasteiger charge is 2.70. The van der Waals surface area contributed by atoms with Gasteiger partial charge in [0, 0.05) is 11.3 Å². The molecule has 1 aliphatic rings. The highest BCUT2D eigenvalue weighted by Crippen LogP contribution is 2.42. The number of rotatable bonds is 4. The fourth-order valence-corrected chi connectivity index (χ4v) is 2.58. The van der Waals surface area contributed by atoms with Gasteiger partial charge in [-0.25, -0.2) is 0 Å². The topological polar surface area (TPSA) is 91.2 Å². The second-order valence-electron chi connectivity index (χ2n) is 5.99. The zero-order valence-corrected chi connectivity index (χ0v) is 14.0. The van der Waals surface area contributed by atoms with Crippen LogP contribution in [0, 0.1) is 17.2 Å². The van der Waals surface area contributed by atoms with Gasteiger partial charge in [-0.1, -0.05) is 6.58 Å². The molecular weight excluding hydrogens is 351 g/mol. The first kappa shape index (κ1) is 19.3. The molecule has 1 saturated heterocycles. The van der Waals surface area contributed by atoms with E-state index in [0.717, 1.165) is 0 Å². The Balaban J connectivity index is 2.36. The molecule has 6 nitrogen and oxygen atoms in total. The van der Waals surface area contributed by atoms with Crippen molar-refractivity contribution < 1.29 is 27.5 Å². The molecule has 1 aromatic rings. The largest absolute Gasteiger partial charge is 0.491 e. The molecule has 9 heteroatoms. The summed E-state index contributed by atoms with van der Waals surface area (Å²) >= 11 is 0. The Morgan fingerprint density at radius 3 is 2.42 bits per heavy atom. The van der Waals surface area contributed by atoms with E-state index in [0.29, 0.717) is 5.75 Å². The fraction of sp³-hybridized carbons (Fsp3) is 0.353. The predicted octanol–water partition coefficient (Wildman–Crippen LogP) is 2.29. The van der Waals surface area contributed by atoms with Gasteiger partial charge >= 0.3 is 6.18 Å². The van der Waals surface area contributed by atoms with Crippen LogP contribution in [0.2, 0.25) is 0 Å². The lowest BCUT2D eigenvalue weighted by atomic mass is 9.84. The minimum Gasteiger partial charge on any atom is -0.491 e. The number of benzene rings is 1. The number of halogens is 3. The highest BCUT2D eigenvalue weighted by molar-refractivity contribution is 6.02. The van der Waals surface area contributed by atoms with Crippen LogP contribution in [0.15, 0.2) is 36.5 Å². The first-order chi connectivity index (χ1) is 12.0. The van der Waals surface area contributed by atoms with Crippen LogP contribution in [0.1, 0.15) is 24.2 Å². The Morgan fingerprint density at radius 2 is 1.96 bits per heavy atom. The summed E-state index contributed by atoms with van der Waals surface area (Å²) in [5, 5.41) is 12.7. The number of nitrogens with one attached hydrogen (secondary N) is 2. The predicted molar refractivity (Wildman–Crippen MR) is 84.8 cm³/mol. The molecule has 2 atom stereocenters. The number of amides is 2. The van der Waals surface area contributed by atoms with E-state index in [1.54, 1.807) is 19.2 Å². The summed E-state index contributed by atoms with van der Waals surface area (Å²) in [6, 6.07) is 6.76. The van der Waals surface area contributed by atoms with Gasteiger partial charge < -0.3 is 15.4 Å². The molecule has 138 valence electrons. The lowest BCUT2D eigenvalue weighted by Crippen LogP contribution is -2.66. The normalized spacial score (nSPS) is 22.7. The molecule has 0 bridgehead atoms. The molecule has 2 rings (SSSR count). The molecule has 2 N–H and O–H groups in total. The molecule has 0 aliphatic carbocycles. The first-order valence-corrected chi connectivity index (χ1v) is 7.58. The van der Waals surface area contributed by atoms with Crippen molar-refractivity contribution in [1.29, 1.82) is 5.26 Å². The van der Waals surface area contributed by atoms with Gasteiger partial charge in [0.2, 0.25) is 5.54 Å². The van der Waals surface area contributed by atoms with Crippen LogP contribution in [0.25, 0.3) is 0 Å². The Labute approximate surface area is 147 Å². The maximum Gasteiger partial charge on any atom is 0.422 e. The minimum absolute atomic E-state index is 0.118. The zero-order valence-electron chi connectivity index (χ0n) is 14.0. The Bertz CT molecular complexity index is 781. The number of alkyl halides is 3. The molecule has 26 heavy (non-hydrogen) atoms. The third kappa shape index (κ3) is 3.22. The molecule has 1 heterocycles. The van der Waals surface area contributed by atoms with Crippen molar-refractivity contribution in [2.75, 3.05) is 0 Å². The lowest BCUT2D eigenvalue weighted by molar-refractivity contribution is -0.197. The van der Waals surface area contributed by atoms with Gasteiger partial charge in [-0.2, -0.15) is 18.4 Å². The lowest BCUT2D eigenvalue weighted by Gasteiger charge is -2.32. The van der Waals surface area contributed by atoms with Crippen molar-refractivity contribution in [1.82, 2.24) is 10.6 Å². The van der Waals surface area contributed by atoms with Crippen LogP contribution in [0.3, 0.4) is 0 Å². The van der Waals surface area contributed by atoms with E-state index in [1.165, 1.54) is 30.3 Å². The number of carbonyl (C=O) groups is 2. The summed E-state index contributed by atoms with van der Waals surface area (Å²) in [6.45, 7) is 6.85. The minimum atomic E-state index is -5.20. The number of hydrogen-bond donors (Lipinski definition) is 2. The summed E-state index contributed by atoms with van der Waals surface area (Å²) in [4.78, 5) is 24.3. The number of nitriles is 1. The van der Waals surface area contributed by atoms with E-state index < -0.39 is 35.1 Å². The van der Waals surface area contributed by atoms with Crippen molar-refractivity contribution in [2.24, 2.45) is 5.92 Å². The summed E-state index contributed by atoms with van der Waals surface area (Å²) in [5.74, 6) is -4.25. The summed E-state index contributed by atoms with van der Waals surface area (Å²) in [5.41, 5.74) is -3.94. The fourth-order valence-electron chi connectivity index (χ4n) is 2.58. The van der Waals surface area contributed by atoms with Crippen LogP contribution in [-0.2, 0) is 4.79 Å². The van der Waals surface area contributed by atoms with E-state index >= 15 is 0 Å². The van der Waals surface area contributed by atoms with Gasteiger partial charge in [-0.15, -0.1) is 0 Å². The van der Waals surface area contributed by atoms with Crippen molar-refractivity contribution in [2.45, 2.75) is 31.7 Å². The smallest absolute Gasteiger partial charge is 0.422 e. The van der Waals surface area contributed by atoms with Crippen molar-refractivity contribution in [3.8, 4) is 11.8 Å². The standard InChI is InChI=1S/C17H16F3N3O3/c1-9(2)26-12-6-4-11(5-7-12)14(24)23-16(17(18,19)20)13(8-21)10(3)22-15(16)25/h4-7,9,13H,3H2,1-2H3,(H,22,25)(H,23,24)/t13-,16-/m0/s1. The molecule has 2 amide bonds. The number of ether oxygens (including phenoxy) is 1. The van der Waals surface area contributed by atoms with Gasteiger partial charge in [0.05, 0.1) is 12.2 Å². The van der Waals surface area contributed by atoms with E-state index in [2.05, 4.69) is 6.58 Å². The molecule has 1 fully saturated rings. The van der Waals surface area contributed by atoms with E-state index in [9.17, 15) is 22.8 Å². The molecule has 1 aliphatic heterocycles. The zero-order chi connectivity index (χ0) is 19.7. The first-order valence-electron chi connectivity index (χ1n) is 7.58. The van der Waals surface area contributed by atoms with Crippen LogP contribution in [0.4, 0.5) is 13.2 Å². The average molecular weight is 367 g/mol. The summed E-state index contributed by atoms with van der Waals surface area (Å²) in [7, 11) is 0. The monoisotopic (exact) mass is 367 g/mol. The summed E-state index contributed by atoms with van der Waals surface area (Å²) < 4.78 is 46.4. The van der Waals surface area contributed by atoms with E-state index in [1.807, 2.05) is 5.32 Å². The molecule has 0 spiro atoms. The van der Waals surface area contributed by atoms with Crippen molar-refractivity contribution in [3.05, 3.63) is 42.1 Å².